The summed E-state index contributed by atoms with van der Waals surface area (Å²) in [6, 6.07) is 7.00. The van der Waals surface area contributed by atoms with Crippen molar-refractivity contribution in [3.05, 3.63) is 53.9 Å². The molecule has 2 rings (SSSR count). The van der Waals surface area contributed by atoms with Crippen molar-refractivity contribution in [1.82, 2.24) is 9.71 Å². The minimum Gasteiger partial charge on any atom is -0.478 e. The first kappa shape index (κ1) is 14.9. The Labute approximate surface area is 121 Å². The minimum absolute atomic E-state index is 0.0135. The molecule has 0 bridgehead atoms. The zero-order valence-electron chi connectivity index (χ0n) is 10.9. The van der Waals surface area contributed by atoms with E-state index in [1.165, 1.54) is 18.3 Å². The fourth-order valence-electron chi connectivity index (χ4n) is 1.71. The van der Waals surface area contributed by atoms with Crippen molar-refractivity contribution < 1.29 is 18.3 Å². The van der Waals surface area contributed by atoms with E-state index in [0.29, 0.717) is 5.56 Å². The molecule has 0 fully saturated rings. The van der Waals surface area contributed by atoms with E-state index in [1.807, 2.05) is 0 Å². The van der Waals surface area contributed by atoms with Crippen LogP contribution in [-0.2, 0) is 16.6 Å². The molecule has 7 nitrogen and oxygen atoms in total. The Balaban J connectivity index is 2.30. The molecule has 1 aromatic heterocycles. The average molecular weight is 307 g/mol. The summed E-state index contributed by atoms with van der Waals surface area (Å²) < 4.78 is 26.7. The molecule has 1 heterocycles. The molecule has 1 aromatic carbocycles. The van der Waals surface area contributed by atoms with Gasteiger partial charge in [0.25, 0.3) is 0 Å². The number of aromatic nitrogens is 1. The lowest BCUT2D eigenvalue weighted by atomic mass is 10.2. The number of nitrogens with one attached hydrogen (secondary N) is 1. The van der Waals surface area contributed by atoms with Gasteiger partial charge in [-0.3, -0.25) is 4.98 Å². The third-order valence-electron chi connectivity index (χ3n) is 2.71. The van der Waals surface area contributed by atoms with Crippen LogP contribution in [0, 0.1) is 0 Å². The van der Waals surface area contributed by atoms with Crippen LogP contribution >= 0.6 is 0 Å². The third kappa shape index (κ3) is 3.56. The van der Waals surface area contributed by atoms with Crippen molar-refractivity contribution in [3.8, 4) is 0 Å². The van der Waals surface area contributed by atoms with Crippen LogP contribution in [0.4, 0.5) is 5.69 Å². The number of nitrogens with two attached hydrogens (primary N) is 1. The zero-order chi connectivity index (χ0) is 15.5. The normalized spacial score (nSPS) is 11.2. The monoisotopic (exact) mass is 307 g/mol. The lowest BCUT2D eigenvalue weighted by Crippen LogP contribution is -2.25. The van der Waals surface area contributed by atoms with Gasteiger partial charge in [-0.05, 0) is 29.8 Å². The second-order valence-corrected chi connectivity index (χ2v) is 5.98. The van der Waals surface area contributed by atoms with E-state index < -0.39 is 16.0 Å². The predicted octanol–water partition coefficient (Wildman–Crippen LogP) is 0.840. The Kier molecular flexibility index (Phi) is 4.20. The van der Waals surface area contributed by atoms with Gasteiger partial charge in [-0.2, -0.15) is 0 Å². The number of hydrogen-bond acceptors (Lipinski definition) is 5. The smallest absolute Gasteiger partial charge is 0.337 e. The van der Waals surface area contributed by atoms with Gasteiger partial charge in [0.2, 0.25) is 10.0 Å². The van der Waals surface area contributed by atoms with E-state index in [1.54, 1.807) is 18.3 Å². The molecule has 0 aliphatic heterocycles. The number of nitrogen functional groups attached to an aromatic ring is 1. The molecule has 2 aromatic rings. The van der Waals surface area contributed by atoms with Gasteiger partial charge < -0.3 is 10.8 Å². The van der Waals surface area contributed by atoms with Gasteiger partial charge in [0.1, 0.15) is 0 Å². The van der Waals surface area contributed by atoms with Crippen molar-refractivity contribution in [2.75, 3.05) is 5.73 Å². The predicted molar refractivity (Wildman–Crippen MR) is 76.1 cm³/mol. The lowest BCUT2D eigenvalue weighted by Gasteiger charge is -2.10. The SMILES string of the molecule is Nc1ccc(S(=O)(=O)NCc2cccnc2)c(C(=O)O)c1. The first-order valence-electron chi connectivity index (χ1n) is 5.91. The van der Waals surface area contributed by atoms with Crippen molar-refractivity contribution in [1.29, 1.82) is 0 Å². The number of carbonyl (C=O) groups is 1. The Hall–Kier alpha value is -2.45. The molecule has 4 N–H and O–H groups in total. The summed E-state index contributed by atoms with van der Waals surface area (Å²) >= 11 is 0. The Morgan fingerprint density at radius 3 is 2.71 bits per heavy atom. The number of carboxylic acids is 1. The molecular weight excluding hydrogens is 294 g/mol. The number of rotatable bonds is 5. The molecule has 110 valence electrons. The van der Waals surface area contributed by atoms with Crippen LogP contribution < -0.4 is 10.5 Å². The van der Waals surface area contributed by atoms with Crippen LogP contribution in [0.15, 0.2) is 47.6 Å². The molecule has 0 aliphatic carbocycles. The summed E-state index contributed by atoms with van der Waals surface area (Å²) in [6.07, 6.45) is 3.09. The summed E-state index contributed by atoms with van der Waals surface area (Å²) in [5.74, 6) is -1.36. The number of sulfonamides is 1. The fourth-order valence-corrected chi connectivity index (χ4v) is 2.90. The average Bonchev–Trinajstić information content (AvgIpc) is 2.46. The number of benzene rings is 1. The number of aromatic carboxylic acids is 1. The quantitative estimate of drug-likeness (QED) is 0.703. The van der Waals surface area contributed by atoms with Crippen LogP contribution in [0.3, 0.4) is 0 Å². The van der Waals surface area contributed by atoms with E-state index in [2.05, 4.69) is 9.71 Å². The Morgan fingerprint density at radius 2 is 2.10 bits per heavy atom. The molecule has 0 spiro atoms. The fraction of sp³-hybridized carbons (Fsp3) is 0.0769. The highest BCUT2D eigenvalue weighted by Crippen LogP contribution is 2.19. The first-order chi connectivity index (χ1) is 9.90. The second-order valence-electron chi connectivity index (χ2n) is 4.25. The number of nitrogens with zero attached hydrogens (tertiary/aromatic N) is 1. The maximum absolute atomic E-state index is 12.2. The van der Waals surface area contributed by atoms with Gasteiger partial charge in [0.15, 0.2) is 0 Å². The van der Waals surface area contributed by atoms with Crippen LogP contribution in [-0.4, -0.2) is 24.5 Å². The van der Waals surface area contributed by atoms with Crippen LogP contribution in [0.1, 0.15) is 15.9 Å². The molecule has 0 radical (unpaired) electrons. The van der Waals surface area contributed by atoms with Gasteiger partial charge in [0, 0.05) is 24.6 Å². The summed E-state index contributed by atoms with van der Waals surface area (Å²) in [5, 5.41) is 9.08. The highest BCUT2D eigenvalue weighted by molar-refractivity contribution is 7.89. The first-order valence-corrected chi connectivity index (χ1v) is 7.40. The van der Waals surface area contributed by atoms with E-state index in [-0.39, 0.29) is 22.7 Å². The van der Waals surface area contributed by atoms with Gasteiger partial charge >= 0.3 is 5.97 Å². The molecule has 0 amide bonds. The van der Waals surface area contributed by atoms with Crippen LogP contribution in [0.5, 0.6) is 0 Å². The summed E-state index contributed by atoms with van der Waals surface area (Å²) in [6.45, 7) is 0.0135. The molecule has 21 heavy (non-hydrogen) atoms. The van der Waals surface area contributed by atoms with Crippen LogP contribution in [0.25, 0.3) is 0 Å². The van der Waals surface area contributed by atoms with Crippen molar-refractivity contribution in [2.24, 2.45) is 0 Å². The molecule has 0 atom stereocenters. The lowest BCUT2D eigenvalue weighted by molar-refractivity contribution is 0.0692. The summed E-state index contributed by atoms with van der Waals surface area (Å²) in [7, 11) is -3.97. The summed E-state index contributed by atoms with van der Waals surface area (Å²) in [5.41, 5.74) is 5.96. The molecule has 0 aliphatic rings. The Bertz CT molecular complexity index is 760. The van der Waals surface area contributed by atoms with Gasteiger partial charge in [-0.1, -0.05) is 6.07 Å². The van der Waals surface area contributed by atoms with E-state index in [0.717, 1.165) is 6.07 Å². The zero-order valence-corrected chi connectivity index (χ0v) is 11.7. The van der Waals surface area contributed by atoms with Gasteiger partial charge in [-0.25, -0.2) is 17.9 Å². The maximum Gasteiger partial charge on any atom is 0.337 e. The van der Waals surface area contributed by atoms with Gasteiger partial charge in [-0.15, -0.1) is 0 Å². The molecule has 8 heteroatoms. The highest BCUT2D eigenvalue weighted by atomic mass is 32.2. The standard InChI is InChI=1S/C13H13N3O4S/c14-10-3-4-12(11(6-10)13(17)18)21(19,20)16-8-9-2-1-5-15-7-9/h1-7,16H,8,14H2,(H,17,18). The molecule has 0 saturated heterocycles. The number of pyridine rings is 1. The number of anilines is 1. The van der Waals surface area contributed by atoms with Crippen molar-refractivity contribution in [3.63, 3.8) is 0 Å². The largest absolute Gasteiger partial charge is 0.478 e. The number of carboxylic acid groups (broad SMARTS) is 1. The van der Waals surface area contributed by atoms with Crippen LogP contribution in [0.2, 0.25) is 0 Å². The molecular formula is C13H13N3O4S. The van der Waals surface area contributed by atoms with E-state index in [9.17, 15) is 13.2 Å². The number of hydrogen-bond donors (Lipinski definition) is 3. The molecule has 0 saturated carbocycles. The summed E-state index contributed by atoms with van der Waals surface area (Å²) in [4.78, 5) is 14.7. The van der Waals surface area contributed by atoms with Crippen molar-refractivity contribution in [2.45, 2.75) is 11.4 Å². The Morgan fingerprint density at radius 1 is 1.33 bits per heavy atom. The highest BCUT2D eigenvalue weighted by Gasteiger charge is 2.22. The van der Waals surface area contributed by atoms with Gasteiger partial charge in [0.05, 0.1) is 10.5 Å². The minimum atomic E-state index is -3.97. The maximum atomic E-state index is 12.2. The van der Waals surface area contributed by atoms with E-state index in [4.69, 9.17) is 10.8 Å². The van der Waals surface area contributed by atoms with E-state index >= 15 is 0 Å². The third-order valence-corrected chi connectivity index (χ3v) is 4.17. The second kappa shape index (κ2) is 5.90. The topological polar surface area (TPSA) is 122 Å². The molecule has 0 unspecified atom stereocenters. The van der Waals surface area contributed by atoms with Crippen molar-refractivity contribution >= 4 is 21.7 Å².